The lowest BCUT2D eigenvalue weighted by Crippen LogP contribution is -2.29. The summed E-state index contributed by atoms with van der Waals surface area (Å²) < 4.78 is 11.0. The summed E-state index contributed by atoms with van der Waals surface area (Å²) in [5.74, 6) is 0.832. The Bertz CT molecular complexity index is 942. The van der Waals surface area contributed by atoms with Crippen molar-refractivity contribution in [2.75, 3.05) is 37.6 Å². The summed E-state index contributed by atoms with van der Waals surface area (Å²) in [6.07, 6.45) is 2.66. The number of benzene rings is 2. The smallest absolute Gasteiger partial charge is 0.149 e. The van der Waals surface area contributed by atoms with Crippen molar-refractivity contribution in [3.05, 3.63) is 89.1 Å². The summed E-state index contributed by atoms with van der Waals surface area (Å²) in [4.78, 5) is 4.63. The molecular formula is C27H35N3O2. The van der Waals surface area contributed by atoms with E-state index in [1.165, 1.54) is 22.3 Å². The van der Waals surface area contributed by atoms with Crippen LogP contribution in [0.15, 0.2) is 66.9 Å². The molecule has 0 aliphatic heterocycles. The third kappa shape index (κ3) is 7.36. The van der Waals surface area contributed by atoms with E-state index in [1.807, 2.05) is 12.3 Å². The van der Waals surface area contributed by atoms with Crippen molar-refractivity contribution in [2.24, 2.45) is 0 Å². The maximum Gasteiger partial charge on any atom is 0.149 e. The number of nitrogens with zero attached hydrogens (tertiary/aromatic N) is 1. The molecule has 2 atom stereocenters. The first-order valence-corrected chi connectivity index (χ1v) is 11.2. The Morgan fingerprint density at radius 2 is 1.56 bits per heavy atom. The third-order valence-corrected chi connectivity index (χ3v) is 5.45. The molecule has 32 heavy (non-hydrogen) atoms. The predicted molar refractivity (Wildman–Crippen MR) is 132 cm³/mol. The fraction of sp³-hybridized carbons (Fsp3) is 0.370. The van der Waals surface area contributed by atoms with Crippen molar-refractivity contribution in [3.8, 4) is 0 Å². The number of hydrogen-bond acceptors (Lipinski definition) is 5. The van der Waals surface area contributed by atoms with Crippen molar-refractivity contribution in [2.45, 2.75) is 39.3 Å². The fourth-order valence-corrected chi connectivity index (χ4v) is 3.53. The second kappa shape index (κ2) is 12.2. The van der Waals surface area contributed by atoms with Crippen LogP contribution in [0.3, 0.4) is 0 Å². The van der Waals surface area contributed by atoms with Crippen molar-refractivity contribution in [1.82, 2.24) is 4.98 Å². The highest BCUT2D eigenvalue weighted by Gasteiger charge is 2.15. The van der Waals surface area contributed by atoms with Crippen LogP contribution in [0.2, 0.25) is 0 Å². The van der Waals surface area contributed by atoms with E-state index in [1.54, 1.807) is 7.11 Å². The van der Waals surface area contributed by atoms with Crippen molar-refractivity contribution in [3.63, 3.8) is 0 Å². The molecule has 1 aromatic heterocycles. The van der Waals surface area contributed by atoms with Gasteiger partial charge >= 0.3 is 0 Å². The average Bonchev–Trinajstić information content (AvgIpc) is 2.80. The molecular weight excluding hydrogens is 398 g/mol. The largest absolute Gasteiger partial charge is 0.382 e. The molecule has 2 unspecified atom stereocenters. The van der Waals surface area contributed by atoms with Crippen molar-refractivity contribution < 1.29 is 9.47 Å². The highest BCUT2D eigenvalue weighted by atomic mass is 16.5. The molecule has 3 rings (SSSR count). The first kappa shape index (κ1) is 23.8. The molecule has 3 aromatic rings. The summed E-state index contributed by atoms with van der Waals surface area (Å²) in [5, 5.41) is 7.23. The van der Waals surface area contributed by atoms with E-state index in [0.717, 1.165) is 17.9 Å². The van der Waals surface area contributed by atoms with Crippen LogP contribution in [0.5, 0.6) is 0 Å². The van der Waals surface area contributed by atoms with Gasteiger partial charge in [-0.3, -0.25) is 0 Å². The summed E-state index contributed by atoms with van der Waals surface area (Å²) in [6.45, 7) is 8.10. The van der Waals surface area contributed by atoms with Gasteiger partial charge in [-0.05, 0) is 50.5 Å². The summed E-state index contributed by atoms with van der Waals surface area (Å²) in [7, 11) is 1.69. The van der Waals surface area contributed by atoms with E-state index in [2.05, 4.69) is 91.0 Å². The number of nitrogens with one attached hydrogen (secondary N) is 2. The van der Waals surface area contributed by atoms with Crippen LogP contribution < -0.4 is 10.6 Å². The van der Waals surface area contributed by atoms with Crippen LogP contribution in [0.25, 0.3) is 0 Å². The Morgan fingerprint density at radius 1 is 0.875 bits per heavy atom. The minimum absolute atomic E-state index is 0.0830. The van der Waals surface area contributed by atoms with Crippen LogP contribution in [0.1, 0.15) is 35.2 Å². The van der Waals surface area contributed by atoms with E-state index < -0.39 is 0 Å². The molecule has 0 spiro atoms. The summed E-state index contributed by atoms with van der Waals surface area (Å²) >= 11 is 0. The van der Waals surface area contributed by atoms with E-state index >= 15 is 0 Å². The highest BCUT2D eigenvalue weighted by Crippen LogP contribution is 2.25. The van der Waals surface area contributed by atoms with Crippen LogP contribution >= 0.6 is 0 Å². The lowest BCUT2D eigenvalue weighted by atomic mass is 10.0. The van der Waals surface area contributed by atoms with E-state index in [9.17, 15) is 0 Å². The van der Waals surface area contributed by atoms with Crippen molar-refractivity contribution >= 4 is 11.5 Å². The number of aryl methyl sites for hydroxylation is 2. The molecule has 170 valence electrons. The molecule has 0 fully saturated rings. The maximum absolute atomic E-state index is 5.87. The Kier molecular flexibility index (Phi) is 9.08. The molecule has 5 heteroatoms. The maximum atomic E-state index is 5.87. The second-order valence-corrected chi connectivity index (χ2v) is 8.27. The van der Waals surface area contributed by atoms with Gasteiger partial charge in [0.25, 0.3) is 0 Å². The van der Waals surface area contributed by atoms with Crippen LogP contribution in [0, 0.1) is 13.8 Å². The lowest BCUT2D eigenvalue weighted by Gasteiger charge is -2.23. The van der Waals surface area contributed by atoms with Crippen LogP contribution in [-0.2, 0) is 15.9 Å². The standard InChI is InChI=1S/C27H35N3O2/c1-20-7-11-23(12-8-20)18-25(19-32-17-16-31-4)30-27-26(6-5-15-28-27)29-22(3)24-13-9-21(2)10-14-24/h5-15,22,25,29H,16-19H2,1-4H3,(H,28,30). The van der Waals surface area contributed by atoms with Gasteiger partial charge in [0, 0.05) is 19.3 Å². The van der Waals surface area contributed by atoms with Gasteiger partial charge in [0.05, 0.1) is 31.5 Å². The van der Waals surface area contributed by atoms with Gasteiger partial charge < -0.3 is 20.1 Å². The van der Waals surface area contributed by atoms with Gasteiger partial charge in [0.2, 0.25) is 0 Å². The number of hydrogen-bond donors (Lipinski definition) is 2. The summed E-state index contributed by atoms with van der Waals surface area (Å²) in [5.41, 5.74) is 6.01. The van der Waals surface area contributed by atoms with Gasteiger partial charge in [-0.15, -0.1) is 0 Å². The second-order valence-electron chi connectivity index (χ2n) is 8.27. The van der Waals surface area contributed by atoms with Gasteiger partial charge in [-0.25, -0.2) is 4.98 Å². The minimum Gasteiger partial charge on any atom is -0.382 e. The van der Waals surface area contributed by atoms with Crippen LogP contribution in [-0.4, -0.2) is 38.0 Å². The van der Waals surface area contributed by atoms with Gasteiger partial charge in [-0.1, -0.05) is 59.7 Å². The first-order chi connectivity index (χ1) is 15.5. The average molecular weight is 434 g/mol. The zero-order valence-corrected chi connectivity index (χ0v) is 19.6. The third-order valence-electron chi connectivity index (χ3n) is 5.45. The van der Waals surface area contributed by atoms with Gasteiger partial charge in [-0.2, -0.15) is 0 Å². The van der Waals surface area contributed by atoms with Gasteiger partial charge in [0.1, 0.15) is 5.82 Å². The molecule has 2 N–H and O–H groups in total. The normalized spacial score (nSPS) is 12.9. The molecule has 0 aliphatic carbocycles. The Hall–Kier alpha value is -2.89. The molecule has 0 aliphatic rings. The molecule has 1 heterocycles. The number of rotatable bonds is 12. The topological polar surface area (TPSA) is 55.4 Å². The molecule has 0 amide bonds. The lowest BCUT2D eigenvalue weighted by molar-refractivity contribution is 0.0659. The monoisotopic (exact) mass is 433 g/mol. The molecule has 0 saturated carbocycles. The Balaban J connectivity index is 1.72. The number of pyridine rings is 1. The summed E-state index contributed by atoms with van der Waals surface area (Å²) in [6, 6.07) is 21.5. The molecule has 0 bridgehead atoms. The zero-order chi connectivity index (χ0) is 22.8. The fourth-order valence-electron chi connectivity index (χ4n) is 3.53. The van der Waals surface area contributed by atoms with E-state index in [0.29, 0.717) is 19.8 Å². The van der Waals surface area contributed by atoms with Gasteiger partial charge in [0.15, 0.2) is 0 Å². The molecule has 2 aromatic carbocycles. The minimum atomic E-state index is 0.0830. The van der Waals surface area contributed by atoms with E-state index in [4.69, 9.17) is 9.47 Å². The SMILES string of the molecule is COCCOCC(Cc1ccc(C)cc1)Nc1ncccc1NC(C)c1ccc(C)cc1. The number of aromatic nitrogens is 1. The molecule has 5 nitrogen and oxygen atoms in total. The van der Waals surface area contributed by atoms with E-state index in [-0.39, 0.29) is 12.1 Å². The Labute approximate surface area is 192 Å². The predicted octanol–water partition coefficient (Wildman–Crippen LogP) is 5.56. The highest BCUT2D eigenvalue weighted by molar-refractivity contribution is 5.65. The number of ether oxygens (including phenoxy) is 2. The quantitative estimate of drug-likeness (QED) is 0.366. The zero-order valence-electron chi connectivity index (χ0n) is 19.6. The number of anilines is 2. The first-order valence-electron chi connectivity index (χ1n) is 11.2. The molecule has 0 radical (unpaired) electrons. The van der Waals surface area contributed by atoms with Crippen LogP contribution in [0.4, 0.5) is 11.5 Å². The Morgan fingerprint density at radius 3 is 2.25 bits per heavy atom. The number of methoxy groups -OCH3 is 1. The van der Waals surface area contributed by atoms with Crippen molar-refractivity contribution in [1.29, 1.82) is 0 Å². The molecule has 0 saturated heterocycles.